The number of amides is 1. The van der Waals surface area contributed by atoms with Crippen molar-refractivity contribution in [1.82, 2.24) is 14.8 Å². The molecule has 0 bridgehead atoms. The maximum atomic E-state index is 12.0. The molecule has 0 saturated heterocycles. The Morgan fingerprint density at radius 3 is 2.59 bits per heavy atom. The van der Waals surface area contributed by atoms with Crippen molar-refractivity contribution in [2.75, 3.05) is 5.32 Å². The van der Waals surface area contributed by atoms with Crippen LogP contribution in [0.5, 0.6) is 0 Å². The first-order valence-corrected chi connectivity index (χ1v) is 5.79. The molecule has 0 saturated carbocycles. The zero-order valence-electron chi connectivity index (χ0n) is 9.44. The maximum Gasteiger partial charge on any atom is 0.277 e. The predicted octanol–water partition coefficient (Wildman–Crippen LogP) is 2.14. The first-order valence-electron chi connectivity index (χ1n) is 5.00. The van der Waals surface area contributed by atoms with Crippen molar-refractivity contribution < 1.29 is 4.79 Å². The van der Waals surface area contributed by atoms with Crippen LogP contribution in [-0.2, 0) is 7.05 Å². The van der Waals surface area contributed by atoms with Crippen molar-refractivity contribution in [2.45, 2.75) is 6.92 Å². The number of hydrogen-bond acceptors (Lipinski definition) is 3. The van der Waals surface area contributed by atoms with Gasteiger partial charge >= 0.3 is 0 Å². The third kappa shape index (κ3) is 2.36. The summed E-state index contributed by atoms with van der Waals surface area (Å²) in [5, 5.41) is 6.90. The zero-order valence-corrected chi connectivity index (χ0v) is 11.0. The molecular weight excluding hydrogens is 284 g/mol. The summed E-state index contributed by atoms with van der Waals surface area (Å²) in [7, 11) is 1.79. The Hall–Kier alpha value is -1.69. The van der Waals surface area contributed by atoms with Gasteiger partial charge in [0, 0.05) is 25.1 Å². The van der Waals surface area contributed by atoms with Gasteiger partial charge < -0.3 is 5.32 Å². The topological polar surface area (TPSA) is 59.8 Å². The molecule has 6 heteroatoms. The molecule has 0 fully saturated rings. The van der Waals surface area contributed by atoms with Crippen LogP contribution < -0.4 is 5.32 Å². The van der Waals surface area contributed by atoms with E-state index in [1.165, 1.54) is 0 Å². The van der Waals surface area contributed by atoms with Crippen molar-refractivity contribution in [2.24, 2.45) is 7.05 Å². The summed E-state index contributed by atoms with van der Waals surface area (Å²) in [5.74, 6) is -0.244. The van der Waals surface area contributed by atoms with Crippen molar-refractivity contribution in [3.8, 4) is 0 Å². The van der Waals surface area contributed by atoms with Crippen LogP contribution in [0, 0.1) is 6.92 Å². The van der Waals surface area contributed by atoms with Crippen molar-refractivity contribution in [3.63, 3.8) is 0 Å². The van der Waals surface area contributed by atoms with Gasteiger partial charge in [-0.15, -0.1) is 0 Å². The molecule has 0 atom stereocenters. The number of aryl methyl sites for hydroxylation is 1. The minimum atomic E-state index is -0.244. The van der Waals surface area contributed by atoms with Crippen molar-refractivity contribution in [1.29, 1.82) is 0 Å². The van der Waals surface area contributed by atoms with E-state index < -0.39 is 0 Å². The minimum Gasteiger partial charge on any atom is -0.320 e. The first kappa shape index (κ1) is 11.8. The zero-order chi connectivity index (χ0) is 12.4. The van der Waals surface area contributed by atoms with E-state index in [1.54, 1.807) is 36.3 Å². The largest absolute Gasteiger partial charge is 0.320 e. The van der Waals surface area contributed by atoms with Crippen LogP contribution in [0.25, 0.3) is 0 Å². The number of hydrogen-bond donors (Lipinski definition) is 1. The second-order valence-electron chi connectivity index (χ2n) is 3.56. The second kappa shape index (κ2) is 4.67. The van der Waals surface area contributed by atoms with E-state index in [-0.39, 0.29) is 5.91 Å². The average molecular weight is 295 g/mol. The maximum absolute atomic E-state index is 12.0. The standard InChI is InChI=1S/C11H11BrN4O/c1-7-9(12)10(15-16(7)2)11(17)14-8-3-5-13-6-4-8/h3-6H,1-2H3,(H,13,14,17). The van der Waals surface area contributed by atoms with Crippen LogP contribution in [-0.4, -0.2) is 20.7 Å². The molecular formula is C11H11BrN4O. The molecule has 0 spiro atoms. The van der Waals surface area contributed by atoms with Crippen LogP contribution in [0.2, 0.25) is 0 Å². The van der Waals surface area contributed by atoms with Crippen LogP contribution in [0.1, 0.15) is 16.2 Å². The summed E-state index contributed by atoms with van der Waals surface area (Å²) in [6.07, 6.45) is 3.24. The van der Waals surface area contributed by atoms with Crippen molar-refractivity contribution >= 4 is 27.5 Å². The molecule has 1 N–H and O–H groups in total. The monoisotopic (exact) mass is 294 g/mol. The molecule has 2 heterocycles. The fraction of sp³-hybridized carbons (Fsp3) is 0.182. The fourth-order valence-electron chi connectivity index (χ4n) is 1.35. The van der Waals surface area contributed by atoms with Gasteiger partial charge in [0.05, 0.1) is 10.2 Å². The van der Waals surface area contributed by atoms with Gasteiger partial charge in [-0.05, 0) is 35.0 Å². The number of nitrogens with zero attached hydrogens (tertiary/aromatic N) is 3. The lowest BCUT2D eigenvalue weighted by Crippen LogP contribution is -2.13. The third-order valence-corrected chi connectivity index (χ3v) is 3.36. The smallest absolute Gasteiger partial charge is 0.277 e. The Kier molecular flexibility index (Phi) is 3.23. The summed E-state index contributed by atoms with van der Waals surface area (Å²) in [6.45, 7) is 1.89. The Labute approximate surface area is 107 Å². The molecule has 0 aromatic carbocycles. The number of halogens is 1. The lowest BCUT2D eigenvalue weighted by atomic mass is 10.3. The van der Waals surface area contributed by atoms with Gasteiger partial charge in [0.25, 0.3) is 5.91 Å². The van der Waals surface area contributed by atoms with Crippen molar-refractivity contribution in [3.05, 3.63) is 40.4 Å². The van der Waals surface area contributed by atoms with Gasteiger partial charge in [0.2, 0.25) is 0 Å². The number of carbonyl (C=O) groups is 1. The lowest BCUT2D eigenvalue weighted by Gasteiger charge is -2.02. The molecule has 0 aliphatic heterocycles. The van der Waals surface area contributed by atoms with Gasteiger partial charge in [-0.2, -0.15) is 5.10 Å². The first-order chi connectivity index (χ1) is 8.09. The Bertz CT molecular complexity index is 550. The van der Waals surface area contributed by atoms with Gasteiger partial charge in [0.1, 0.15) is 0 Å². The van der Waals surface area contributed by atoms with Gasteiger partial charge in [0.15, 0.2) is 5.69 Å². The molecule has 5 nitrogen and oxygen atoms in total. The van der Waals surface area contributed by atoms with E-state index in [0.29, 0.717) is 15.9 Å². The average Bonchev–Trinajstić information content (AvgIpc) is 2.58. The Morgan fingerprint density at radius 1 is 1.41 bits per heavy atom. The van der Waals surface area contributed by atoms with Gasteiger partial charge in [-0.25, -0.2) is 0 Å². The van der Waals surface area contributed by atoms with Crippen LogP contribution in [0.3, 0.4) is 0 Å². The number of nitrogens with one attached hydrogen (secondary N) is 1. The summed E-state index contributed by atoms with van der Waals surface area (Å²) < 4.78 is 2.37. The predicted molar refractivity (Wildman–Crippen MR) is 67.8 cm³/mol. The highest BCUT2D eigenvalue weighted by Gasteiger charge is 2.17. The highest BCUT2D eigenvalue weighted by molar-refractivity contribution is 9.10. The molecule has 2 rings (SSSR count). The summed E-state index contributed by atoms with van der Waals surface area (Å²) >= 11 is 3.36. The molecule has 0 unspecified atom stereocenters. The summed E-state index contributed by atoms with van der Waals surface area (Å²) in [4.78, 5) is 15.8. The van der Waals surface area contributed by atoms with E-state index in [2.05, 4.69) is 31.3 Å². The SMILES string of the molecule is Cc1c(Br)c(C(=O)Nc2ccncc2)nn1C. The number of carbonyl (C=O) groups excluding carboxylic acids is 1. The molecule has 2 aromatic heterocycles. The fourth-order valence-corrected chi connectivity index (χ4v) is 1.87. The molecule has 0 aliphatic rings. The number of aromatic nitrogens is 3. The Balaban J connectivity index is 2.24. The van der Waals surface area contributed by atoms with Gasteiger partial charge in [-0.1, -0.05) is 0 Å². The lowest BCUT2D eigenvalue weighted by molar-refractivity contribution is 0.102. The van der Waals surface area contributed by atoms with Gasteiger partial charge in [-0.3, -0.25) is 14.5 Å². The number of pyridine rings is 1. The number of anilines is 1. The van der Waals surface area contributed by atoms with E-state index in [1.807, 2.05) is 6.92 Å². The number of rotatable bonds is 2. The minimum absolute atomic E-state index is 0.244. The Morgan fingerprint density at radius 2 is 2.06 bits per heavy atom. The molecule has 0 radical (unpaired) electrons. The summed E-state index contributed by atoms with van der Waals surface area (Å²) in [6, 6.07) is 3.45. The van der Waals surface area contributed by atoms with E-state index >= 15 is 0 Å². The second-order valence-corrected chi connectivity index (χ2v) is 4.35. The molecule has 88 valence electrons. The normalized spacial score (nSPS) is 10.3. The van der Waals surface area contributed by atoms with Crippen LogP contribution in [0.4, 0.5) is 5.69 Å². The molecule has 0 aliphatic carbocycles. The quantitative estimate of drug-likeness (QED) is 0.923. The molecule has 17 heavy (non-hydrogen) atoms. The highest BCUT2D eigenvalue weighted by Crippen LogP contribution is 2.20. The molecule has 1 amide bonds. The van der Waals surface area contributed by atoms with Crippen LogP contribution >= 0.6 is 15.9 Å². The molecule has 2 aromatic rings. The highest BCUT2D eigenvalue weighted by atomic mass is 79.9. The van der Waals surface area contributed by atoms with E-state index in [4.69, 9.17) is 0 Å². The van der Waals surface area contributed by atoms with E-state index in [0.717, 1.165) is 5.69 Å². The van der Waals surface area contributed by atoms with E-state index in [9.17, 15) is 4.79 Å². The summed E-state index contributed by atoms with van der Waals surface area (Å²) in [5.41, 5.74) is 1.98. The third-order valence-electron chi connectivity index (χ3n) is 2.41. The van der Waals surface area contributed by atoms with Crippen LogP contribution in [0.15, 0.2) is 29.0 Å².